The molecule has 0 spiro atoms. The molecule has 0 aliphatic carbocycles. The summed E-state index contributed by atoms with van der Waals surface area (Å²) >= 11 is 0. The summed E-state index contributed by atoms with van der Waals surface area (Å²) in [6.07, 6.45) is 7.76. The van der Waals surface area contributed by atoms with Crippen LogP contribution in [0.3, 0.4) is 0 Å². The Hall–Kier alpha value is -0.890. The van der Waals surface area contributed by atoms with Crippen molar-refractivity contribution in [3.8, 4) is 0 Å². The molecule has 102 valence electrons. The van der Waals surface area contributed by atoms with E-state index in [9.17, 15) is 0 Å². The molecule has 0 fully saturated rings. The monoisotopic (exact) mass is 248 g/mol. The SMILES string of the molecule is CCCc1cnc(CC(C)C(C)N)cc1CCC. The van der Waals surface area contributed by atoms with Gasteiger partial charge in [0.25, 0.3) is 0 Å². The molecule has 2 nitrogen and oxygen atoms in total. The molecule has 0 bridgehead atoms. The van der Waals surface area contributed by atoms with Gasteiger partial charge in [0.2, 0.25) is 0 Å². The molecule has 1 rings (SSSR count). The Bertz CT molecular complexity index is 358. The molecule has 1 aromatic heterocycles. The average molecular weight is 248 g/mol. The normalized spacial score (nSPS) is 14.5. The van der Waals surface area contributed by atoms with Crippen LogP contribution in [-0.2, 0) is 19.3 Å². The molecule has 0 radical (unpaired) electrons. The van der Waals surface area contributed by atoms with E-state index in [1.807, 2.05) is 0 Å². The van der Waals surface area contributed by atoms with Crippen LogP contribution in [-0.4, -0.2) is 11.0 Å². The van der Waals surface area contributed by atoms with Crippen LogP contribution < -0.4 is 5.73 Å². The van der Waals surface area contributed by atoms with E-state index in [4.69, 9.17) is 5.73 Å². The number of pyridine rings is 1. The van der Waals surface area contributed by atoms with Gasteiger partial charge < -0.3 is 5.73 Å². The molecule has 2 atom stereocenters. The maximum Gasteiger partial charge on any atom is 0.0409 e. The first-order valence-corrected chi connectivity index (χ1v) is 7.30. The summed E-state index contributed by atoms with van der Waals surface area (Å²) in [4.78, 5) is 4.61. The van der Waals surface area contributed by atoms with Crippen molar-refractivity contribution in [1.29, 1.82) is 0 Å². The van der Waals surface area contributed by atoms with Crippen molar-refractivity contribution in [2.45, 2.75) is 65.8 Å². The van der Waals surface area contributed by atoms with Gasteiger partial charge in [-0.15, -0.1) is 0 Å². The standard InChI is InChI=1S/C16H28N2/c1-5-7-14-10-16(9-12(3)13(4)17)18-11-15(14)8-6-2/h10-13H,5-9,17H2,1-4H3. The van der Waals surface area contributed by atoms with E-state index in [0.29, 0.717) is 5.92 Å². The molecule has 0 saturated heterocycles. The van der Waals surface area contributed by atoms with E-state index in [1.165, 1.54) is 29.7 Å². The summed E-state index contributed by atoms with van der Waals surface area (Å²) in [6.45, 7) is 8.73. The van der Waals surface area contributed by atoms with Gasteiger partial charge in [-0.3, -0.25) is 4.98 Å². The lowest BCUT2D eigenvalue weighted by Gasteiger charge is -2.16. The molecule has 18 heavy (non-hydrogen) atoms. The third kappa shape index (κ3) is 4.41. The van der Waals surface area contributed by atoms with E-state index in [2.05, 4.69) is 44.9 Å². The molecular formula is C16H28N2. The Morgan fingerprint density at radius 2 is 1.72 bits per heavy atom. The van der Waals surface area contributed by atoms with Crippen molar-refractivity contribution in [2.75, 3.05) is 0 Å². The van der Waals surface area contributed by atoms with Gasteiger partial charge in [-0.1, -0.05) is 33.6 Å². The second kappa shape index (κ2) is 7.52. The summed E-state index contributed by atoms with van der Waals surface area (Å²) in [5, 5.41) is 0. The van der Waals surface area contributed by atoms with Gasteiger partial charge >= 0.3 is 0 Å². The van der Waals surface area contributed by atoms with E-state index in [1.54, 1.807) is 0 Å². The van der Waals surface area contributed by atoms with Gasteiger partial charge in [-0.2, -0.15) is 0 Å². The van der Waals surface area contributed by atoms with Gasteiger partial charge in [0.05, 0.1) is 0 Å². The lowest BCUT2D eigenvalue weighted by Crippen LogP contribution is -2.26. The third-order valence-corrected chi connectivity index (χ3v) is 3.61. The highest BCUT2D eigenvalue weighted by Gasteiger charge is 2.11. The van der Waals surface area contributed by atoms with Crippen molar-refractivity contribution in [3.63, 3.8) is 0 Å². The molecule has 0 amide bonds. The highest BCUT2D eigenvalue weighted by atomic mass is 14.7. The first-order chi connectivity index (χ1) is 8.58. The lowest BCUT2D eigenvalue weighted by atomic mass is 9.95. The number of hydrogen-bond acceptors (Lipinski definition) is 2. The highest BCUT2D eigenvalue weighted by molar-refractivity contribution is 5.27. The fourth-order valence-corrected chi connectivity index (χ4v) is 2.20. The third-order valence-electron chi connectivity index (χ3n) is 3.61. The van der Waals surface area contributed by atoms with E-state index in [-0.39, 0.29) is 6.04 Å². The van der Waals surface area contributed by atoms with Crippen LogP contribution >= 0.6 is 0 Å². The van der Waals surface area contributed by atoms with E-state index in [0.717, 1.165) is 19.3 Å². The first kappa shape index (κ1) is 15.2. The molecule has 0 aliphatic heterocycles. The zero-order chi connectivity index (χ0) is 13.5. The van der Waals surface area contributed by atoms with Crippen LogP contribution in [0.25, 0.3) is 0 Å². The minimum atomic E-state index is 0.233. The number of aryl methyl sites for hydroxylation is 2. The van der Waals surface area contributed by atoms with Crippen LogP contribution in [0.15, 0.2) is 12.3 Å². The zero-order valence-electron chi connectivity index (χ0n) is 12.4. The fraction of sp³-hybridized carbons (Fsp3) is 0.688. The van der Waals surface area contributed by atoms with Crippen molar-refractivity contribution in [3.05, 3.63) is 29.1 Å². The first-order valence-electron chi connectivity index (χ1n) is 7.30. The maximum absolute atomic E-state index is 5.93. The van der Waals surface area contributed by atoms with E-state index >= 15 is 0 Å². The Balaban J connectivity index is 2.85. The fourth-order valence-electron chi connectivity index (χ4n) is 2.20. The van der Waals surface area contributed by atoms with Crippen LogP contribution in [0, 0.1) is 5.92 Å². The van der Waals surface area contributed by atoms with Crippen molar-refractivity contribution in [2.24, 2.45) is 11.7 Å². The lowest BCUT2D eigenvalue weighted by molar-refractivity contribution is 0.476. The number of nitrogens with two attached hydrogens (primary N) is 1. The maximum atomic E-state index is 5.93. The minimum Gasteiger partial charge on any atom is -0.328 e. The Labute approximate surface area is 112 Å². The van der Waals surface area contributed by atoms with Crippen molar-refractivity contribution in [1.82, 2.24) is 4.98 Å². The Kier molecular flexibility index (Phi) is 6.34. The van der Waals surface area contributed by atoms with Crippen LogP contribution in [0.2, 0.25) is 0 Å². The summed E-state index contributed by atoms with van der Waals surface area (Å²) in [6, 6.07) is 2.53. The Morgan fingerprint density at radius 1 is 1.11 bits per heavy atom. The molecule has 0 aromatic carbocycles. The molecule has 2 unspecified atom stereocenters. The van der Waals surface area contributed by atoms with Crippen molar-refractivity contribution < 1.29 is 0 Å². The van der Waals surface area contributed by atoms with Gasteiger partial charge in [0.1, 0.15) is 0 Å². The van der Waals surface area contributed by atoms with Gasteiger partial charge in [-0.25, -0.2) is 0 Å². The number of nitrogens with zero attached hydrogens (tertiary/aromatic N) is 1. The quantitative estimate of drug-likeness (QED) is 0.802. The van der Waals surface area contributed by atoms with Crippen molar-refractivity contribution >= 4 is 0 Å². The average Bonchev–Trinajstić information content (AvgIpc) is 2.33. The van der Waals surface area contributed by atoms with Gasteiger partial charge in [-0.05, 0) is 49.3 Å². The van der Waals surface area contributed by atoms with Crippen LogP contribution in [0.1, 0.15) is 57.4 Å². The molecule has 1 heterocycles. The van der Waals surface area contributed by atoms with Gasteiger partial charge in [0, 0.05) is 17.9 Å². The van der Waals surface area contributed by atoms with Crippen LogP contribution in [0.5, 0.6) is 0 Å². The number of hydrogen-bond donors (Lipinski definition) is 1. The predicted octanol–water partition coefficient (Wildman–Crippen LogP) is 3.51. The van der Waals surface area contributed by atoms with Gasteiger partial charge in [0.15, 0.2) is 0 Å². The predicted molar refractivity (Wildman–Crippen MR) is 78.7 cm³/mol. The second-order valence-electron chi connectivity index (χ2n) is 5.48. The summed E-state index contributed by atoms with van der Waals surface area (Å²) in [5.41, 5.74) is 10.0. The topological polar surface area (TPSA) is 38.9 Å². The molecule has 2 N–H and O–H groups in total. The van der Waals surface area contributed by atoms with Crippen LogP contribution in [0.4, 0.5) is 0 Å². The molecule has 2 heteroatoms. The molecule has 1 aromatic rings. The summed E-state index contributed by atoms with van der Waals surface area (Å²) in [5.74, 6) is 0.490. The number of aromatic nitrogens is 1. The molecular weight excluding hydrogens is 220 g/mol. The molecule has 0 aliphatic rings. The smallest absolute Gasteiger partial charge is 0.0409 e. The summed E-state index contributed by atoms with van der Waals surface area (Å²) in [7, 11) is 0. The zero-order valence-corrected chi connectivity index (χ0v) is 12.4. The Morgan fingerprint density at radius 3 is 2.28 bits per heavy atom. The minimum absolute atomic E-state index is 0.233. The highest BCUT2D eigenvalue weighted by Crippen LogP contribution is 2.17. The summed E-state index contributed by atoms with van der Waals surface area (Å²) < 4.78 is 0. The van der Waals surface area contributed by atoms with E-state index < -0.39 is 0 Å². The number of rotatable bonds is 7. The largest absolute Gasteiger partial charge is 0.328 e. The molecule has 0 saturated carbocycles. The second-order valence-corrected chi connectivity index (χ2v) is 5.48.